The Hall–Kier alpha value is -5.03. The van der Waals surface area contributed by atoms with E-state index in [-0.39, 0.29) is 25.0 Å². The van der Waals surface area contributed by atoms with E-state index in [0.29, 0.717) is 76.2 Å². The summed E-state index contributed by atoms with van der Waals surface area (Å²) in [7, 11) is 0. The highest BCUT2D eigenvalue weighted by molar-refractivity contribution is 6.06. The number of fused-ring (bicyclic) bond motifs is 2. The van der Waals surface area contributed by atoms with Crippen molar-refractivity contribution in [1.29, 1.82) is 0 Å². The normalized spacial score (nSPS) is 16.1. The van der Waals surface area contributed by atoms with E-state index in [9.17, 15) is 14.4 Å². The van der Waals surface area contributed by atoms with Gasteiger partial charge in [0.1, 0.15) is 30.7 Å². The van der Waals surface area contributed by atoms with Gasteiger partial charge >= 0.3 is 0 Å². The number of hydrogen-bond donors (Lipinski definition) is 4. The van der Waals surface area contributed by atoms with Crippen LogP contribution in [0.3, 0.4) is 0 Å². The molecule has 2 aliphatic rings. The molecule has 0 spiro atoms. The van der Waals surface area contributed by atoms with E-state index >= 15 is 0 Å². The maximum Gasteiger partial charge on any atom is 0.255 e. The van der Waals surface area contributed by atoms with Crippen LogP contribution in [0, 0.1) is 0 Å². The molecule has 47 heavy (non-hydrogen) atoms. The van der Waals surface area contributed by atoms with Crippen molar-refractivity contribution in [2.75, 3.05) is 50.5 Å². The number of ether oxygens (including phenoxy) is 3. The minimum atomic E-state index is -0.673. The smallest absolute Gasteiger partial charge is 0.255 e. The van der Waals surface area contributed by atoms with Gasteiger partial charge in [-0.15, -0.1) is 5.10 Å². The van der Waals surface area contributed by atoms with Gasteiger partial charge in [0, 0.05) is 29.9 Å². The monoisotopic (exact) mass is 645 g/mol. The van der Waals surface area contributed by atoms with Crippen molar-refractivity contribution in [3.05, 3.63) is 65.7 Å². The molecule has 4 N–H and O–H groups in total. The molecule has 0 bridgehead atoms. The summed E-state index contributed by atoms with van der Waals surface area (Å²) in [6, 6.07) is 10.5. The summed E-state index contributed by atoms with van der Waals surface area (Å²) in [5.41, 5.74) is 4.22. The lowest BCUT2D eigenvalue weighted by Gasteiger charge is -2.29. The molecule has 2 aliphatic heterocycles. The number of hydrogen-bond acceptors (Lipinski definition) is 13. The highest BCUT2D eigenvalue weighted by Gasteiger charge is 2.39. The third kappa shape index (κ3) is 7.69. The second-order valence-electron chi connectivity index (χ2n) is 10.9. The van der Waals surface area contributed by atoms with Gasteiger partial charge in [0.25, 0.3) is 5.91 Å². The fraction of sp³-hybridized carbons (Fsp3) is 0.387. The Morgan fingerprint density at radius 2 is 1.83 bits per heavy atom. The number of carbonyl (C=O) groups excluding carboxylic acids is 3. The van der Waals surface area contributed by atoms with Crippen molar-refractivity contribution >= 4 is 45.8 Å². The van der Waals surface area contributed by atoms with E-state index in [0.717, 1.165) is 27.8 Å². The van der Waals surface area contributed by atoms with Crippen molar-refractivity contribution in [2.45, 2.75) is 38.5 Å². The molecular weight excluding hydrogens is 610 g/mol. The summed E-state index contributed by atoms with van der Waals surface area (Å²) in [6.07, 6.45) is 3.83. The molecule has 1 saturated heterocycles. The Bertz CT molecular complexity index is 1740. The van der Waals surface area contributed by atoms with Gasteiger partial charge in [0.15, 0.2) is 0 Å². The lowest BCUT2D eigenvalue weighted by Crippen LogP contribution is -2.52. The van der Waals surface area contributed by atoms with Crippen LogP contribution in [-0.4, -0.2) is 98.6 Å². The summed E-state index contributed by atoms with van der Waals surface area (Å²) < 4.78 is 17.4. The van der Waals surface area contributed by atoms with Crippen LogP contribution in [0.15, 0.2) is 48.9 Å². The summed E-state index contributed by atoms with van der Waals surface area (Å²) in [4.78, 5) is 47.8. The number of imide groups is 1. The Labute approximate surface area is 269 Å². The van der Waals surface area contributed by atoms with E-state index in [1.807, 2.05) is 36.5 Å². The van der Waals surface area contributed by atoms with Crippen molar-refractivity contribution in [3.63, 3.8) is 0 Å². The summed E-state index contributed by atoms with van der Waals surface area (Å²) in [5, 5.41) is 26.9. The number of nitrogens with one attached hydrogen (secondary N) is 3. The van der Waals surface area contributed by atoms with Gasteiger partial charge < -0.3 is 34.9 Å². The lowest BCUT2D eigenvalue weighted by molar-refractivity contribution is -0.136. The number of amides is 3. The number of carbonyl (C=O) groups is 3. The van der Waals surface area contributed by atoms with Crippen molar-refractivity contribution in [2.24, 2.45) is 0 Å². The number of aliphatic hydroxyl groups is 1. The molecular formula is C31H35N9O7. The van der Waals surface area contributed by atoms with Crippen LogP contribution in [0.4, 0.5) is 17.2 Å². The first-order valence-electron chi connectivity index (χ1n) is 15.3. The molecule has 16 nitrogen and oxygen atoms in total. The molecule has 1 fully saturated rings. The number of aliphatic hydroxyl groups excluding tert-OH is 1. The van der Waals surface area contributed by atoms with Gasteiger partial charge in [-0.25, -0.2) is 14.6 Å². The van der Waals surface area contributed by atoms with Crippen molar-refractivity contribution in [1.82, 2.24) is 35.2 Å². The average molecular weight is 646 g/mol. The highest BCUT2D eigenvalue weighted by atomic mass is 16.6. The Kier molecular flexibility index (Phi) is 10.2. The van der Waals surface area contributed by atoms with E-state index in [1.165, 1.54) is 11.2 Å². The van der Waals surface area contributed by atoms with E-state index < -0.39 is 11.9 Å². The van der Waals surface area contributed by atoms with Crippen LogP contribution in [0.25, 0.3) is 10.9 Å². The zero-order chi connectivity index (χ0) is 32.6. The zero-order valence-electron chi connectivity index (χ0n) is 25.6. The molecule has 16 heteroatoms. The van der Waals surface area contributed by atoms with Gasteiger partial charge in [-0.2, -0.15) is 0 Å². The molecule has 246 valence electrons. The SMILES string of the molecule is O=C1CCC(N2Cc3ccc(Nc4ncnc5cccc(NCc6cn(CCOCCOCCOCO)nn6)c45)cc3C2=O)C(=O)N1. The van der Waals surface area contributed by atoms with Crippen LogP contribution in [0.2, 0.25) is 0 Å². The quantitative estimate of drug-likeness (QED) is 0.0775. The highest BCUT2D eigenvalue weighted by Crippen LogP contribution is 2.33. The van der Waals surface area contributed by atoms with Crippen LogP contribution in [-0.2, 0) is 43.4 Å². The molecule has 0 radical (unpaired) electrons. The van der Waals surface area contributed by atoms with Crippen molar-refractivity contribution in [3.8, 4) is 0 Å². The maximum absolute atomic E-state index is 13.3. The van der Waals surface area contributed by atoms with E-state index in [1.54, 1.807) is 10.7 Å². The number of anilines is 3. The maximum atomic E-state index is 13.3. The lowest BCUT2D eigenvalue weighted by atomic mass is 10.0. The molecule has 1 unspecified atom stereocenters. The van der Waals surface area contributed by atoms with Crippen LogP contribution in [0.1, 0.15) is 34.5 Å². The number of aromatic nitrogens is 5. The second-order valence-corrected chi connectivity index (χ2v) is 10.9. The third-order valence-electron chi connectivity index (χ3n) is 7.80. The molecule has 4 aromatic rings. The predicted molar refractivity (Wildman–Crippen MR) is 167 cm³/mol. The van der Waals surface area contributed by atoms with Crippen LogP contribution < -0.4 is 16.0 Å². The zero-order valence-corrected chi connectivity index (χ0v) is 25.6. The molecule has 0 aliphatic carbocycles. The van der Waals surface area contributed by atoms with Gasteiger partial charge in [0.2, 0.25) is 11.8 Å². The third-order valence-corrected chi connectivity index (χ3v) is 7.80. The van der Waals surface area contributed by atoms with Gasteiger partial charge in [-0.3, -0.25) is 19.7 Å². The standard InChI is InChI=1S/C31H35N9O7/c41-19-47-13-12-46-11-10-45-9-8-39-17-22(37-38-39)15-32-24-2-1-3-25-28(24)29(34-18-33-25)35-21-5-4-20-16-40(31(44)23(20)14-21)26-6-7-27(42)36-30(26)43/h1-5,14,17-18,26,32,41H,6-13,15-16,19H2,(H,33,34,35)(H,36,42,43). The number of rotatable bonds is 16. The molecule has 6 rings (SSSR count). The molecule has 4 heterocycles. The van der Waals surface area contributed by atoms with Gasteiger partial charge in [-0.1, -0.05) is 17.3 Å². The summed E-state index contributed by atoms with van der Waals surface area (Å²) >= 11 is 0. The Morgan fingerprint density at radius 3 is 2.66 bits per heavy atom. The fourth-order valence-electron chi connectivity index (χ4n) is 5.50. The largest absolute Gasteiger partial charge is 0.379 e. The minimum Gasteiger partial charge on any atom is -0.379 e. The number of nitrogens with zero attached hydrogens (tertiary/aromatic N) is 6. The molecule has 2 aromatic carbocycles. The topological polar surface area (TPSA) is 195 Å². The predicted octanol–water partition coefficient (Wildman–Crippen LogP) is 1.34. The Balaban J connectivity index is 1.07. The second kappa shape index (κ2) is 15.0. The minimum absolute atomic E-state index is 0.204. The van der Waals surface area contributed by atoms with E-state index in [2.05, 4.69) is 36.2 Å². The Morgan fingerprint density at radius 1 is 1.00 bits per heavy atom. The molecule has 3 amide bonds. The summed E-state index contributed by atoms with van der Waals surface area (Å²) in [6.45, 7) is 2.97. The first kappa shape index (κ1) is 31.9. The number of piperidine rings is 1. The molecule has 0 saturated carbocycles. The number of benzene rings is 2. The van der Waals surface area contributed by atoms with Gasteiger partial charge in [0.05, 0.1) is 63.2 Å². The fourth-order valence-corrected chi connectivity index (χ4v) is 5.50. The van der Waals surface area contributed by atoms with Crippen LogP contribution in [0.5, 0.6) is 0 Å². The van der Waals surface area contributed by atoms with Gasteiger partial charge in [-0.05, 0) is 36.2 Å². The summed E-state index contributed by atoms with van der Waals surface area (Å²) in [5.74, 6) is -0.453. The van der Waals surface area contributed by atoms with Crippen LogP contribution >= 0.6 is 0 Å². The first-order valence-corrected chi connectivity index (χ1v) is 15.3. The average Bonchev–Trinajstić information content (AvgIpc) is 3.66. The first-order chi connectivity index (χ1) is 23.0. The molecule has 2 aromatic heterocycles. The van der Waals surface area contributed by atoms with E-state index in [4.69, 9.17) is 19.3 Å². The van der Waals surface area contributed by atoms with Crippen molar-refractivity contribution < 1.29 is 33.7 Å². The molecule has 1 atom stereocenters.